The first-order chi connectivity index (χ1) is 15.5. The second-order valence-electron chi connectivity index (χ2n) is 7.10. The Morgan fingerprint density at radius 1 is 0.875 bits per heavy atom. The molecule has 0 unspecified atom stereocenters. The van der Waals surface area contributed by atoms with Gasteiger partial charge in [0.2, 0.25) is 11.8 Å². The van der Waals surface area contributed by atoms with Gasteiger partial charge in [-0.1, -0.05) is 84.4 Å². The highest BCUT2D eigenvalue weighted by Crippen LogP contribution is 2.23. The van der Waals surface area contributed by atoms with Crippen LogP contribution in [0.15, 0.2) is 90.0 Å². The molecule has 32 heavy (non-hydrogen) atoms. The lowest BCUT2D eigenvalue weighted by Crippen LogP contribution is -2.22. The molecule has 162 valence electrons. The maximum Gasteiger partial charge on any atom is 0.240 e. The van der Waals surface area contributed by atoms with Crippen LogP contribution < -0.4 is 10.7 Å². The molecule has 0 aromatic heterocycles. The molecule has 0 spiro atoms. The topological polar surface area (TPSA) is 70.6 Å². The fourth-order valence-electron chi connectivity index (χ4n) is 2.91. The summed E-state index contributed by atoms with van der Waals surface area (Å²) in [6, 6.07) is 24.7. The summed E-state index contributed by atoms with van der Waals surface area (Å²) in [6.45, 7) is 1.83. The smallest absolute Gasteiger partial charge is 0.240 e. The van der Waals surface area contributed by atoms with E-state index in [1.165, 1.54) is 0 Å². The summed E-state index contributed by atoms with van der Waals surface area (Å²) in [5.74, 6) is -0.605. The van der Waals surface area contributed by atoms with Crippen molar-refractivity contribution in [3.63, 3.8) is 0 Å². The zero-order chi connectivity index (χ0) is 22.8. The van der Waals surface area contributed by atoms with Crippen molar-refractivity contribution in [1.82, 2.24) is 5.43 Å². The number of hydrogen-bond donors (Lipinski definition) is 2. The number of nitrogens with zero attached hydrogens (tertiary/aromatic N) is 1. The number of hydrazone groups is 1. The van der Waals surface area contributed by atoms with Crippen LogP contribution in [0, 0.1) is 6.92 Å². The van der Waals surface area contributed by atoms with Crippen molar-refractivity contribution in [3.05, 3.63) is 107 Å². The number of allylic oxidation sites excluding steroid dienone is 1. The summed E-state index contributed by atoms with van der Waals surface area (Å²) in [7, 11) is 0. The summed E-state index contributed by atoms with van der Waals surface area (Å²) >= 11 is 6.08. The molecule has 0 radical (unpaired) electrons. The molecule has 0 atom stereocenters. The molecule has 3 aromatic carbocycles. The van der Waals surface area contributed by atoms with Crippen molar-refractivity contribution in [2.75, 3.05) is 5.32 Å². The van der Waals surface area contributed by atoms with Gasteiger partial charge in [0.1, 0.15) is 0 Å². The third-order valence-electron chi connectivity index (χ3n) is 4.72. The van der Waals surface area contributed by atoms with Crippen LogP contribution >= 0.6 is 11.6 Å². The lowest BCUT2D eigenvalue weighted by atomic mass is 10.1. The number of amides is 2. The molecule has 5 nitrogen and oxygen atoms in total. The van der Waals surface area contributed by atoms with Gasteiger partial charge in [-0.15, -0.1) is 0 Å². The van der Waals surface area contributed by atoms with E-state index >= 15 is 0 Å². The molecule has 0 aliphatic rings. The second-order valence-corrected chi connectivity index (χ2v) is 7.51. The molecule has 0 fully saturated rings. The molecule has 3 rings (SSSR count). The van der Waals surface area contributed by atoms with E-state index in [0.29, 0.717) is 16.4 Å². The average molecular weight is 446 g/mol. The standard InChI is InChI=1S/C26H24ClN3O2/c1-19-22(27)13-8-14-23(19)28-25(31)17-18-26(32)30-29-24(21-11-6-3-7-12-21)16-15-20-9-4-2-5-10-20/h2-16H,17-18H2,1H3,(H,28,31)(H,30,32)/b16-15-,29-24-. The van der Waals surface area contributed by atoms with Gasteiger partial charge in [0, 0.05) is 29.1 Å². The van der Waals surface area contributed by atoms with Crippen LogP contribution in [0.2, 0.25) is 5.02 Å². The maximum atomic E-state index is 12.3. The van der Waals surface area contributed by atoms with Crippen molar-refractivity contribution in [3.8, 4) is 0 Å². The Hall–Kier alpha value is -3.70. The van der Waals surface area contributed by atoms with Crippen LogP contribution in [0.1, 0.15) is 29.5 Å². The quantitative estimate of drug-likeness (QED) is 0.350. The van der Waals surface area contributed by atoms with E-state index < -0.39 is 0 Å². The number of carbonyl (C=O) groups excluding carboxylic acids is 2. The number of benzene rings is 3. The lowest BCUT2D eigenvalue weighted by Gasteiger charge is -2.09. The van der Waals surface area contributed by atoms with Crippen LogP contribution in [0.5, 0.6) is 0 Å². The normalized spacial score (nSPS) is 11.4. The minimum atomic E-state index is -0.343. The van der Waals surface area contributed by atoms with Crippen LogP contribution in [0.25, 0.3) is 6.08 Å². The largest absolute Gasteiger partial charge is 0.326 e. The van der Waals surface area contributed by atoms with Crippen molar-refractivity contribution in [2.45, 2.75) is 19.8 Å². The number of carbonyl (C=O) groups is 2. The monoisotopic (exact) mass is 445 g/mol. The molecule has 0 aliphatic carbocycles. The van der Waals surface area contributed by atoms with Crippen molar-refractivity contribution < 1.29 is 9.59 Å². The van der Waals surface area contributed by atoms with Crippen LogP contribution in [-0.2, 0) is 9.59 Å². The summed E-state index contributed by atoms with van der Waals surface area (Å²) in [4.78, 5) is 24.5. The molecule has 2 N–H and O–H groups in total. The predicted octanol–water partition coefficient (Wildman–Crippen LogP) is 5.60. The Labute approximate surface area is 192 Å². The fraction of sp³-hybridized carbons (Fsp3) is 0.115. The van der Waals surface area contributed by atoms with E-state index in [1.807, 2.05) is 79.7 Å². The number of rotatable bonds is 8. The highest BCUT2D eigenvalue weighted by Gasteiger charge is 2.10. The molecular weight excluding hydrogens is 422 g/mol. The molecule has 0 saturated carbocycles. The van der Waals surface area contributed by atoms with E-state index in [-0.39, 0.29) is 24.7 Å². The molecular formula is C26H24ClN3O2. The highest BCUT2D eigenvalue weighted by molar-refractivity contribution is 6.31. The first kappa shape index (κ1) is 23.0. The molecule has 6 heteroatoms. The number of halogens is 1. The van der Waals surface area contributed by atoms with E-state index in [1.54, 1.807) is 18.2 Å². The molecule has 0 aliphatic heterocycles. The zero-order valence-electron chi connectivity index (χ0n) is 17.7. The summed E-state index contributed by atoms with van der Waals surface area (Å²) in [5.41, 5.74) is 6.48. The van der Waals surface area contributed by atoms with Crippen molar-refractivity contribution >= 4 is 40.9 Å². The van der Waals surface area contributed by atoms with Gasteiger partial charge in [-0.25, -0.2) is 5.43 Å². The number of nitrogens with one attached hydrogen (secondary N) is 2. The number of hydrogen-bond acceptors (Lipinski definition) is 3. The van der Waals surface area contributed by atoms with Crippen molar-refractivity contribution in [2.24, 2.45) is 5.10 Å². The summed E-state index contributed by atoms with van der Waals surface area (Å²) in [5, 5.41) is 7.64. The number of anilines is 1. The Kier molecular flexibility index (Phi) is 8.35. The zero-order valence-corrected chi connectivity index (χ0v) is 18.5. The van der Waals surface area contributed by atoms with Gasteiger partial charge in [0.05, 0.1) is 5.71 Å². The lowest BCUT2D eigenvalue weighted by molar-refractivity contribution is -0.124. The SMILES string of the molecule is Cc1c(Cl)cccc1NC(=O)CCC(=O)N/N=C(/C=C\c1ccccc1)c1ccccc1. The molecule has 0 bridgehead atoms. The van der Waals surface area contributed by atoms with Gasteiger partial charge in [0.15, 0.2) is 0 Å². The van der Waals surface area contributed by atoms with Gasteiger partial charge >= 0.3 is 0 Å². The van der Waals surface area contributed by atoms with Gasteiger partial charge < -0.3 is 5.32 Å². The van der Waals surface area contributed by atoms with Gasteiger partial charge in [-0.05, 0) is 36.3 Å². The van der Waals surface area contributed by atoms with E-state index in [4.69, 9.17) is 11.6 Å². The van der Waals surface area contributed by atoms with Gasteiger partial charge in [-0.2, -0.15) is 5.10 Å². The second kappa shape index (κ2) is 11.6. The third-order valence-corrected chi connectivity index (χ3v) is 5.13. The minimum Gasteiger partial charge on any atom is -0.326 e. The van der Waals surface area contributed by atoms with E-state index in [9.17, 15) is 9.59 Å². The molecule has 3 aromatic rings. The average Bonchev–Trinajstić information content (AvgIpc) is 2.82. The Morgan fingerprint density at radius 2 is 1.53 bits per heavy atom. The Bertz CT molecular complexity index is 1130. The highest BCUT2D eigenvalue weighted by atomic mass is 35.5. The first-order valence-electron chi connectivity index (χ1n) is 10.2. The minimum absolute atomic E-state index is 0.0133. The Balaban J connectivity index is 1.60. The molecule has 0 heterocycles. The van der Waals surface area contributed by atoms with E-state index in [0.717, 1.165) is 16.7 Å². The van der Waals surface area contributed by atoms with Crippen molar-refractivity contribution in [1.29, 1.82) is 0 Å². The van der Waals surface area contributed by atoms with Crippen LogP contribution in [0.3, 0.4) is 0 Å². The van der Waals surface area contributed by atoms with Crippen LogP contribution in [0.4, 0.5) is 5.69 Å². The van der Waals surface area contributed by atoms with Gasteiger partial charge in [0.25, 0.3) is 0 Å². The van der Waals surface area contributed by atoms with E-state index in [2.05, 4.69) is 15.8 Å². The first-order valence-corrected chi connectivity index (χ1v) is 10.6. The van der Waals surface area contributed by atoms with Crippen LogP contribution in [-0.4, -0.2) is 17.5 Å². The molecule has 0 saturated heterocycles. The fourth-order valence-corrected chi connectivity index (χ4v) is 3.08. The van der Waals surface area contributed by atoms with Gasteiger partial charge in [-0.3, -0.25) is 9.59 Å². The maximum absolute atomic E-state index is 12.3. The Morgan fingerprint density at radius 3 is 2.25 bits per heavy atom. The predicted molar refractivity (Wildman–Crippen MR) is 131 cm³/mol. The summed E-state index contributed by atoms with van der Waals surface area (Å²) in [6.07, 6.45) is 3.82. The summed E-state index contributed by atoms with van der Waals surface area (Å²) < 4.78 is 0. The molecule has 2 amide bonds. The third kappa shape index (κ3) is 6.93.